The maximum atomic E-state index is 12.4. The standard InChI is InChI=1S/C12H15N3O3S/c13-10-7-9(5-8-6-11(16)14-12(8)10)19(17,18)15-3-1-2-4-15/h5,7H,1-4,6,13H2,(H,14,16). The highest BCUT2D eigenvalue weighted by atomic mass is 32.2. The number of nitrogens with two attached hydrogens (primary N) is 1. The van der Waals surface area contributed by atoms with Gasteiger partial charge in [0.1, 0.15) is 0 Å². The minimum Gasteiger partial charge on any atom is -0.397 e. The van der Waals surface area contributed by atoms with Gasteiger partial charge < -0.3 is 11.1 Å². The van der Waals surface area contributed by atoms with E-state index in [1.807, 2.05) is 0 Å². The van der Waals surface area contributed by atoms with Gasteiger partial charge in [0, 0.05) is 13.1 Å². The Morgan fingerprint density at radius 2 is 1.89 bits per heavy atom. The van der Waals surface area contributed by atoms with Gasteiger partial charge in [0.2, 0.25) is 15.9 Å². The van der Waals surface area contributed by atoms with Crippen LogP contribution in [0.2, 0.25) is 0 Å². The number of carbonyl (C=O) groups is 1. The number of sulfonamides is 1. The molecule has 2 heterocycles. The van der Waals surface area contributed by atoms with E-state index in [4.69, 9.17) is 5.73 Å². The second-order valence-electron chi connectivity index (χ2n) is 4.88. The van der Waals surface area contributed by atoms with Crippen LogP contribution in [0, 0.1) is 0 Å². The van der Waals surface area contributed by atoms with E-state index in [0.717, 1.165) is 12.8 Å². The minimum atomic E-state index is -3.49. The lowest BCUT2D eigenvalue weighted by molar-refractivity contribution is -0.115. The zero-order chi connectivity index (χ0) is 13.6. The van der Waals surface area contributed by atoms with E-state index in [-0.39, 0.29) is 17.2 Å². The number of hydrogen-bond acceptors (Lipinski definition) is 4. The number of carbonyl (C=O) groups excluding carboxylic acids is 1. The lowest BCUT2D eigenvalue weighted by atomic mass is 10.1. The maximum absolute atomic E-state index is 12.4. The van der Waals surface area contributed by atoms with Gasteiger partial charge in [-0.2, -0.15) is 4.31 Å². The molecular weight excluding hydrogens is 266 g/mol. The Morgan fingerprint density at radius 1 is 1.21 bits per heavy atom. The molecule has 1 saturated heterocycles. The molecule has 0 saturated carbocycles. The van der Waals surface area contributed by atoms with Gasteiger partial charge in [0.25, 0.3) is 0 Å². The number of amides is 1. The van der Waals surface area contributed by atoms with E-state index >= 15 is 0 Å². The van der Waals surface area contributed by atoms with Crippen LogP contribution in [-0.2, 0) is 21.2 Å². The van der Waals surface area contributed by atoms with Gasteiger partial charge in [-0.05, 0) is 30.5 Å². The molecule has 0 radical (unpaired) electrons. The van der Waals surface area contributed by atoms with Gasteiger partial charge in [0.15, 0.2) is 0 Å². The summed E-state index contributed by atoms with van der Waals surface area (Å²) in [6.07, 6.45) is 1.96. The van der Waals surface area contributed by atoms with Crippen LogP contribution in [0.4, 0.5) is 11.4 Å². The summed E-state index contributed by atoms with van der Waals surface area (Å²) in [7, 11) is -3.49. The molecule has 7 heteroatoms. The highest BCUT2D eigenvalue weighted by Gasteiger charge is 2.30. The summed E-state index contributed by atoms with van der Waals surface area (Å²) in [5.41, 5.74) is 7.34. The van der Waals surface area contributed by atoms with E-state index in [1.54, 1.807) is 6.07 Å². The van der Waals surface area contributed by atoms with Gasteiger partial charge in [0.05, 0.1) is 22.7 Å². The number of nitrogen functional groups attached to an aromatic ring is 1. The van der Waals surface area contributed by atoms with Crippen molar-refractivity contribution in [3.63, 3.8) is 0 Å². The third kappa shape index (κ3) is 1.98. The van der Waals surface area contributed by atoms with Crippen molar-refractivity contribution in [1.82, 2.24) is 4.31 Å². The molecule has 3 N–H and O–H groups in total. The summed E-state index contributed by atoms with van der Waals surface area (Å²) in [6.45, 7) is 1.10. The first-order valence-electron chi connectivity index (χ1n) is 6.21. The molecule has 0 unspecified atom stereocenters. The van der Waals surface area contributed by atoms with E-state index < -0.39 is 10.0 Å². The average molecular weight is 281 g/mol. The Kier molecular flexibility index (Phi) is 2.75. The molecule has 1 aromatic rings. The summed E-state index contributed by atoms with van der Waals surface area (Å²) in [6, 6.07) is 2.98. The van der Waals surface area contributed by atoms with Crippen molar-refractivity contribution in [2.75, 3.05) is 24.1 Å². The second kappa shape index (κ2) is 4.21. The number of anilines is 2. The maximum Gasteiger partial charge on any atom is 0.243 e. The SMILES string of the molecule is Nc1cc(S(=O)(=O)N2CCCC2)cc2c1NC(=O)C2. The van der Waals surface area contributed by atoms with Crippen molar-refractivity contribution in [2.24, 2.45) is 0 Å². The Hall–Kier alpha value is -1.60. The second-order valence-corrected chi connectivity index (χ2v) is 6.82. The molecular formula is C12H15N3O3S. The van der Waals surface area contributed by atoms with Crippen LogP contribution in [0.3, 0.4) is 0 Å². The van der Waals surface area contributed by atoms with Gasteiger partial charge >= 0.3 is 0 Å². The van der Waals surface area contributed by atoms with Crippen molar-refractivity contribution in [3.8, 4) is 0 Å². The van der Waals surface area contributed by atoms with Crippen molar-refractivity contribution in [2.45, 2.75) is 24.2 Å². The quantitative estimate of drug-likeness (QED) is 0.774. The fourth-order valence-corrected chi connectivity index (χ4v) is 4.18. The van der Waals surface area contributed by atoms with Crippen molar-refractivity contribution in [1.29, 1.82) is 0 Å². The van der Waals surface area contributed by atoms with E-state index in [9.17, 15) is 13.2 Å². The average Bonchev–Trinajstić information content (AvgIpc) is 2.96. The summed E-state index contributed by atoms with van der Waals surface area (Å²) in [5.74, 6) is -0.155. The first-order valence-corrected chi connectivity index (χ1v) is 7.65. The molecule has 0 aromatic heterocycles. The van der Waals surface area contributed by atoms with Gasteiger partial charge in [-0.15, -0.1) is 0 Å². The van der Waals surface area contributed by atoms with Crippen LogP contribution in [0.1, 0.15) is 18.4 Å². The smallest absolute Gasteiger partial charge is 0.243 e. The monoisotopic (exact) mass is 281 g/mol. The first kappa shape index (κ1) is 12.4. The number of nitrogens with one attached hydrogen (secondary N) is 1. The highest BCUT2D eigenvalue weighted by molar-refractivity contribution is 7.89. The molecule has 1 fully saturated rings. The van der Waals surface area contributed by atoms with Crippen LogP contribution in [0.25, 0.3) is 0 Å². The predicted molar refractivity (Wildman–Crippen MR) is 71.2 cm³/mol. The molecule has 102 valence electrons. The lowest BCUT2D eigenvalue weighted by Gasteiger charge is -2.16. The van der Waals surface area contributed by atoms with Gasteiger partial charge in [-0.25, -0.2) is 8.42 Å². The largest absolute Gasteiger partial charge is 0.397 e. The van der Waals surface area contributed by atoms with Gasteiger partial charge in [-0.3, -0.25) is 4.79 Å². The van der Waals surface area contributed by atoms with Crippen LogP contribution < -0.4 is 11.1 Å². The van der Waals surface area contributed by atoms with Crippen molar-refractivity contribution < 1.29 is 13.2 Å². The molecule has 19 heavy (non-hydrogen) atoms. The van der Waals surface area contributed by atoms with Crippen LogP contribution in [-0.4, -0.2) is 31.7 Å². The van der Waals surface area contributed by atoms with Crippen molar-refractivity contribution >= 4 is 27.3 Å². The van der Waals surface area contributed by atoms with Crippen LogP contribution >= 0.6 is 0 Å². The molecule has 2 aliphatic rings. The topological polar surface area (TPSA) is 92.5 Å². The Balaban J connectivity index is 2.05. The number of fused-ring (bicyclic) bond motifs is 1. The Labute approximate surface area is 111 Å². The summed E-state index contributed by atoms with van der Waals surface area (Å²) >= 11 is 0. The predicted octanol–water partition coefficient (Wildman–Crippen LogP) is 0.548. The Bertz CT molecular complexity index is 648. The molecule has 0 aliphatic carbocycles. The molecule has 2 aliphatic heterocycles. The number of hydrogen-bond donors (Lipinski definition) is 2. The first-order chi connectivity index (χ1) is 8.98. The van der Waals surface area contributed by atoms with Gasteiger partial charge in [-0.1, -0.05) is 0 Å². The summed E-state index contributed by atoms with van der Waals surface area (Å²) < 4.78 is 26.3. The third-order valence-electron chi connectivity index (χ3n) is 3.54. The molecule has 0 spiro atoms. The number of benzene rings is 1. The van der Waals surface area contributed by atoms with E-state index in [2.05, 4.69) is 5.32 Å². The minimum absolute atomic E-state index is 0.155. The zero-order valence-electron chi connectivity index (χ0n) is 10.3. The fraction of sp³-hybridized carbons (Fsp3) is 0.417. The van der Waals surface area contributed by atoms with Crippen molar-refractivity contribution in [3.05, 3.63) is 17.7 Å². The molecule has 0 atom stereocenters. The van der Waals surface area contributed by atoms with E-state index in [1.165, 1.54) is 10.4 Å². The molecule has 1 aromatic carbocycles. The number of rotatable bonds is 2. The van der Waals surface area contributed by atoms with E-state index in [0.29, 0.717) is 30.0 Å². The molecule has 6 nitrogen and oxygen atoms in total. The zero-order valence-corrected chi connectivity index (χ0v) is 11.2. The normalized spacial score (nSPS) is 19.5. The molecule has 1 amide bonds. The lowest BCUT2D eigenvalue weighted by Crippen LogP contribution is -2.28. The third-order valence-corrected chi connectivity index (χ3v) is 5.42. The fourth-order valence-electron chi connectivity index (χ4n) is 2.57. The molecule has 3 rings (SSSR count). The molecule has 0 bridgehead atoms. The highest BCUT2D eigenvalue weighted by Crippen LogP contribution is 2.33. The Morgan fingerprint density at radius 3 is 2.58 bits per heavy atom. The van der Waals surface area contributed by atoms with Crippen LogP contribution in [0.5, 0.6) is 0 Å². The summed E-state index contributed by atoms with van der Waals surface area (Å²) in [4.78, 5) is 11.5. The van der Waals surface area contributed by atoms with Crippen LogP contribution in [0.15, 0.2) is 17.0 Å². The number of nitrogens with zero attached hydrogens (tertiary/aromatic N) is 1. The summed E-state index contributed by atoms with van der Waals surface area (Å²) in [5, 5.41) is 2.64.